The van der Waals surface area contributed by atoms with E-state index in [0.29, 0.717) is 5.88 Å². The number of aromatic nitrogens is 4. The van der Waals surface area contributed by atoms with E-state index < -0.39 is 0 Å². The summed E-state index contributed by atoms with van der Waals surface area (Å²) in [7, 11) is 1.64. The number of aryl methyl sites for hydroxylation is 1. The molecular formula is C14H21N5O. The fourth-order valence-electron chi connectivity index (χ4n) is 2.25. The molecule has 0 saturated heterocycles. The Balaban J connectivity index is 2.42. The maximum Gasteiger partial charge on any atom is 0.218 e. The highest BCUT2D eigenvalue weighted by molar-refractivity contribution is 5.34. The molecule has 1 N–H and O–H groups in total. The first-order valence-corrected chi connectivity index (χ1v) is 6.92. The second-order valence-electron chi connectivity index (χ2n) is 4.47. The third-order valence-corrected chi connectivity index (χ3v) is 3.09. The van der Waals surface area contributed by atoms with E-state index in [0.717, 1.165) is 30.8 Å². The first-order valence-electron chi connectivity index (χ1n) is 6.92. The normalized spacial score (nSPS) is 12.3. The Bertz CT molecular complexity index is 540. The summed E-state index contributed by atoms with van der Waals surface area (Å²) in [4.78, 5) is 4.27. The van der Waals surface area contributed by atoms with E-state index in [2.05, 4.69) is 34.5 Å². The number of ether oxygens (including phenoxy) is 1. The molecule has 0 aliphatic heterocycles. The van der Waals surface area contributed by atoms with E-state index in [1.165, 1.54) is 0 Å². The summed E-state index contributed by atoms with van der Waals surface area (Å²) < 4.78 is 7.30. The highest BCUT2D eigenvalue weighted by Crippen LogP contribution is 2.27. The van der Waals surface area contributed by atoms with E-state index in [1.807, 2.05) is 16.8 Å². The van der Waals surface area contributed by atoms with Crippen molar-refractivity contribution in [3.05, 3.63) is 35.8 Å². The van der Waals surface area contributed by atoms with Crippen LogP contribution in [0, 0.1) is 0 Å². The van der Waals surface area contributed by atoms with Gasteiger partial charge in [-0.15, -0.1) is 5.10 Å². The highest BCUT2D eigenvalue weighted by Gasteiger charge is 2.22. The molecule has 0 aromatic carbocycles. The molecule has 2 rings (SSSR count). The van der Waals surface area contributed by atoms with Crippen LogP contribution in [0.4, 0.5) is 0 Å². The number of hydrogen-bond acceptors (Lipinski definition) is 5. The lowest BCUT2D eigenvalue weighted by Crippen LogP contribution is -2.25. The summed E-state index contributed by atoms with van der Waals surface area (Å²) in [5.74, 6) is 0.627. The van der Waals surface area contributed by atoms with Crippen molar-refractivity contribution >= 4 is 0 Å². The molecule has 0 aliphatic carbocycles. The van der Waals surface area contributed by atoms with Crippen LogP contribution in [0.25, 0.3) is 0 Å². The molecule has 2 aromatic heterocycles. The molecule has 6 heteroatoms. The highest BCUT2D eigenvalue weighted by atomic mass is 16.5. The Labute approximate surface area is 119 Å². The lowest BCUT2D eigenvalue weighted by Gasteiger charge is -2.20. The molecule has 0 aliphatic rings. The van der Waals surface area contributed by atoms with Gasteiger partial charge in [0.15, 0.2) is 0 Å². The van der Waals surface area contributed by atoms with Gasteiger partial charge in [0.25, 0.3) is 0 Å². The van der Waals surface area contributed by atoms with Gasteiger partial charge in [-0.05, 0) is 19.0 Å². The first-order chi connectivity index (χ1) is 9.81. The molecule has 2 heterocycles. The van der Waals surface area contributed by atoms with Crippen molar-refractivity contribution in [2.45, 2.75) is 32.9 Å². The Morgan fingerprint density at radius 1 is 1.40 bits per heavy atom. The van der Waals surface area contributed by atoms with E-state index in [4.69, 9.17) is 4.74 Å². The predicted octanol–water partition coefficient (Wildman–Crippen LogP) is 1.79. The summed E-state index contributed by atoms with van der Waals surface area (Å²) in [5, 5.41) is 11.6. The number of pyridine rings is 1. The van der Waals surface area contributed by atoms with Gasteiger partial charge in [0.2, 0.25) is 5.88 Å². The number of rotatable bonds is 7. The predicted molar refractivity (Wildman–Crippen MR) is 76.6 cm³/mol. The van der Waals surface area contributed by atoms with Gasteiger partial charge in [0.05, 0.1) is 25.0 Å². The number of nitrogens with zero attached hydrogens (tertiary/aromatic N) is 4. The van der Waals surface area contributed by atoms with Crippen LogP contribution >= 0.6 is 0 Å². The molecule has 0 amide bonds. The smallest absolute Gasteiger partial charge is 0.218 e. The maximum absolute atomic E-state index is 5.37. The average molecular weight is 275 g/mol. The van der Waals surface area contributed by atoms with Gasteiger partial charge in [-0.3, -0.25) is 0 Å². The average Bonchev–Trinajstić information content (AvgIpc) is 2.93. The van der Waals surface area contributed by atoms with Crippen molar-refractivity contribution in [2.75, 3.05) is 13.7 Å². The largest absolute Gasteiger partial charge is 0.481 e. The van der Waals surface area contributed by atoms with Crippen LogP contribution in [0.15, 0.2) is 24.5 Å². The van der Waals surface area contributed by atoms with Crippen LogP contribution in [0.2, 0.25) is 0 Å². The van der Waals surface area contributed by atoms with E-state index in [1.54, 1.807) is 19.5 Å². The minimum absolute atomic E-state index is 0.0230. The minimum atomic E-state index is -0.0230. The van der Waals surface area contributed by atoms with Gasteiger partial charge in [0, 0.05) is 18.3 Å². The molecule has 6 nitrogen and oxygen atoms in total. The fraction of sp³-hybridized carbons (Fsp3) is 0.500. The van der Waals surface area contributed by atoms with Crippen molar-refractivity contribution in [1.82, 2.24) is 25.3 Å². The third kappa shape index (κ3) is 2.96. The molecule has 0 radical (unpaired) electrons. The molecule has 0 fully saturated rings. The first kappa shape index (κ1) is 14.5. The topological polar surface area (TPSA) is 64.9 Å². The number of hydrogen-bond donors (Lipinski definition) is 1. The Morgan fingerprint density at radius 3 is 2.95 bits per heavy atom. The van der Waals surface area contributed by atoms with Crippen LogP contribution in [0.5, 0.6) is 5.88 Å². The summed E-state index contributed by atoms with van der Waals surface area (Å²) in [6.07, 6.45) is 4.54. The number of nitrogens with one attached hydrogen (secondary N) is 1. The standard InChI is InChI=1S/C14H21N5O/c1-4-9-19-12(10-17-18-19)13(15-5-2)11-7-6-8-16-14(11)20-3/h6-8,10,13,15H,4-5,9H2,1-3H3. The van der Waals surface area contributed by atoms with Gasteiger partial charge in [-0.25, -0.2) is 9.67 Å². The van der Waals surface area contributed by atoms with Crippen molar-refractivity contribution in [3.63, 3.8) is 0 Å². The second-order valence-corrected chi connectivity index (χ2v) is 4.47. The lowest BCUT2D eigenvalue weighted by atomic mass is 10.1. The quantitative estimate of drug-likeness (QED) is 0.834. The zero-order chi connectivity index (χ0) is 14.4. The molecule has 20 heavy (non-hydrogen) atoms. The Morgan fingerprint density at radius 2 is 2.25 bits per heavy atom. The zero-order valence-electron chi connectivity index (χ0n) is 12.2. The second kappa shape index (κ2) is 7.00. The zero-order valence-corrected chi connectivity index (χ0v) is 12.2. The molecule has 2 aromatic rings. The van der Waals surface area contributed by atoms with Gasteiger partial charge >= 0.3 is 0 Å². The van der Waals surface area contributed by atoms with Crippen molar-refractivity contribution in [1.29, 1.82) is 0 Å². The summed E-state index contributed by atoms with van der Waals surface area (Å²) in [6.45, 7) is 5.88. The maximum atomic E-state index is 5.37. The van der Waals surface area contributed by atoms with Gasteiger partial charge in [-0.2, -0.15) is 0 Å². The van der Waals surface area contributed by atoms with Crippen molar-refractivity contribution in [3.8, 4) is 5.88 Å². The van der Waals surface area contributed by atoms with E-state index >= 15 is 0 Å². The third-order valence-electron chi connectivity index (χ3n) is 3.09. The van der Waals surface area contributed by atoms with Gasteiger partial charge in [-0.1, -0.05) is 25.1 Å². The minimum Gasteiger partial charge on any atom is -0.481 e. The molecule has 0 bridgehead atoms. The van der Waals surface area contributed by atoms with Crippen LogP contribution in [-0.2, 0) is 6.54 Å². The summed E-state index contributed by atoms with van der Waals surface area (Å²) >= 11 is 0. The van der Waals surface area contributed by atoms with E-state index in [-0.39, 0.29) is 6.04 Å². The molecule has 1 unspecified atom stereocenters. The Hall–Kier alpha value is -1.95. The van der Waals surface area contributed by atoms with Gasteiger partial charge < -0.3 is 10.1 Å². The van der Waals surface area contributed by atoms with Crippen LogP contribution in [-0.4, -0.2) is 33.6 Å². The molecule has 0 saturated carbocycles. The van der Waals surface area contributed by atoms with Crippen molar-refractivity contribution in [2.24, 2.45) is 0 Å². The lowest BCUT2D eigenvalue weighted by molar-refractivity contribution is 0.385. The van der Waals surface area contributed by atoms with Crippen molar-refractivity contribution < 1.29 is 4.74 Å². The summed E-state index contributed by atoms with van der Waals surface area (Å²) in [6, 6.07) is 3.91. The number of methoxy groups -OCH3 is 1. The molecule has 108 valence electrons. The van der Waals surface area contributed by atoms with Crippen LogP contribution < -0.4 is 10.1 Å². The molecular weight excluding hydrogens is 254 g/mol. The summed E-state index contributed by atoms with van der Waals surface area (Å²) in [5.41, 5.74) is 2.02. The van der Waals surface area contributed by atoms with Gasteiger partial charge in [0.1, 0.15) is 0 Å². The molecule has 0 spiro atoms. The van der Waals surface area contributed by atoms with Crippen LogP contribution in [0.1, 0.15) is 37.6 Å². The van der Waals surface area contributed by atoms with E-state index in [9.17, 15) is 0 Å². The Kier molecular flexibility index (Phi) is 5.06. The van der Waals surface area contributed by atoms with Crippen LogP contribution in [0.3, 0.4) is 0 Å². The fourth-order valence-corrected chi connectivity index (χ4v) is 2.25. The monoisotopic (exact) mass is 275 g/mol. The SMILES string of the molecule is CCCn1nncc1C(NCC)c1cccnc1OC. The molecule has 1 atom stereocenters.